The van der Waals surface area contributed by atoms with Crippen molar-refractivity contribution in [2.24, 2.45) is 0 Å². The lowest BCUT2D eigenvalue weighted by Crippen LogP contribution is -2.44. The van der Waals surface area contributed by atoms with E-state index in [1.54, 1.807) is 6.20 Å². The Morgan fingerprint density at radius 3 is 2.84 bits per heavy atom. The quantitative estimate of drug-likeness (QED) is 0.541. The van der Waals surface area contributed by atoms with Crippen LogP contribution in [0.2, 0.25) is 0 Å². The molecule has 1 aliphatic heterocycles. The molecule has 31 heavy (non-hydrogen) atoms. The highest BCUT2D eigenvalue weighted by molar-refractivity contribution is 7.99. The molecule has 1 aromatic carbocycles. The van der Waals surface area contributed by atoms with Crippen molar-refractivity contribution in [1.82, 2.24) is 19.4 Å². The summed E-state index contributed by atoms with van der Waals surface area (Å²) >= 11 is 2.88. The number of carbonyl (C=O) groups is 1. The number of imidazole rings is 1. The van der Waals surface area contributed by atoms with E-state index in [0.717, 1.165) is 41.7 Å². The predicted molar refractivity (Wildman–Crippen MR) is 125 cm³/mol. The number of hydrogen-bond donors (Lipinski definition) is 1. The van der Waals surface area contributed by atoms with Gasteiger partial charge in [-0.3, -0.25) is 14.3 Å². The van der Waals surface area contributed by atoms with Crippen LogP contribution in [0.1, 0.15) is 25.1 Å². The monoisotopic (exact) mass is 457 g/mol. The summed E-state index contributed by atoms with van der Waals surface area (Å²) < 4.78 is 7.80. The molecule has 0 bridgehead atoms. The number of ether oxygens (including phenoxy) is 1. The molecule has 2 atom stereocenters. The molecule has 3 aromatic rings. The minimum Gasteiger partial charge on any atom is -0.373 e. The van der Waals surface area contributed by atoms with E-state index in [1.807, 2.05) is 34.3 Å². The molecule has 3 heterocycles. The van der Waals surface area contributed by atoms with Crippen molar-refractivity contribution in [2.75, 3.05) is 24.2 Å². The molecule has 1 amide bonds. The minimum absolute atomic E-state index is 0.0844. The number of benzene rings is 1. The van der Waals surface area contributed by atoms with Gasteiger partial charge in [-0.25, -0.2) is 9.97 Å². The van der Waals surface area contributed by atoms with E-state index in [4.69, 9.17) is 4.74 Å². The van der Waals surface area contributed by atoms with Crippen LogP contribution < -0.4 is 5.32 Å². The van der Waals surface area contributed by atoms with E-state index in [2.05, 4.69) is 47.0 Å². The van der Waals surface area contributed by atoms with Gasteiger partial charge in [0.05, 0.1) is 29.3 Å². The van der Waals surface area contributed by atoms with E-state index >= 15 is 0 Å². The second-order valence-electron chi connectivity index (χ2n) is 7.80. The Hall–Kier alpha value is -2.20. The summed E-state index contributed by atoms with van der Waals surface area (Å²) in [5.74, 6) is 0.190. The van der Waals surface area contributed by atoms with Crippen molar-refractivity contribution in [3.63, 3.8) is 0 Å². The van der Waals surface area contributed by atoms with Crippen LogP contribution in [0, 0.1) is 6.92 Å². The lowest BCUT2D eigenvalue weighted by molar-refractivity contribution is -0.113. The van der Waals surface area contributed by atoms with Crippen LogP contribution in [0.15, 0.2) is 47.2 Å². The number of aromatic nitrogens is 3. The fourth-order valence-corrected chi connectivity index (χ4v) is 5.26. The largest absolute Gasteiger partial charge is 0.373 e. The summed E-state index contributed by atoms with van der Waals surface area (Å²) in [5.41, 5.74) is 3.20. The van der Waals surface area contributed by atoms with Gasteiger partial charge in [0.1, 0.15) is 0 Å². The zero-order valence-corrected chi connectivity index (χ0v) is 19.6. The number of carbonyl (C=O) groups excluding carboxylic acids is 1. The first kappa shape index (κ1) is 22.0. The zero-order valence-electron chi connectivity index (χ0n) is 17.9. The van der Waals surface area contributed by atoms with Crippen molar-refractivity contribution in [3.05, 3.63) is 53.3 Å². The summed E-state index contributed by atoms with van der Waals surface area (Å²) in [6, 6.07) is 8.13. The first-order valence-electron chi connectivity index (χ1n) is 10.3. The van der Waals surface area contributed by atoms with Gasteiger partial charge in [0.25, 0.3) is 0 Å². The maximum absolute atomic E-state index is 12.5. The smallest absolute Gasteiger partial charge is 0.236 e. The van der Waals surface area contributed by atoms with Crippen molar-refractivity contribution < 1.29 is 9.53 Å². The molecule has 0 aliphatic carbocycles. The highest BCUT2D eigenvalue weighted by Gasteiger charge is 2.23. The number of nitrogens with zero attached hydrogens (tertiary/aromatic N) is 4. The number of morpholine rings is 1. The molecule has 1 fully saturated rings. The predicted octanol–water partition coefficient (Wildman–Crippen LogP) is 3.98. The van der Waals surface area contributed by atoms with Crippen molar-refractivity contribution in [2.45, 2.75) is 44.7 Å². The fraction of sp³-hybridized carbons (Fsp3) is 0.409. The standard InChI is InChI=1S/C22H27N5O2S2/c1-15-6-4-5-7-19(15)27-9-8-23-22(27)31-14-20(28)25-21-24-18(13-30-21)12-26-10-16(2)29-17(3)11-26/h4-9,13,16-17H,10-12,14H2,1-3H3,(H,24,25,28). The molecule has 1 aliphatic rings. The number of thioether (sulfide) groups is 1. The van der Waals surface area contributed by atoms with E-state index < -0.39 is 0 Å². The number of aryl methyl sites for hydroxylation is 1. The Morgan fingerprint density at radius 1 is 1.29 bits per heavy atom. The van der Waals surface area contributed by atoms with Crippen molar-refractivity contribution in [3.8, 4) is 5.69 Å². The average Bonchev–Trinajstić information content (AvgIpc) is 3.35. The molecule has 4 rings (SSSR count). The molecule has 2 aromatic heterocycles. The third-order valence-electron chi connectivity index (χ3n) is 4.99. The Balaban J connectivity index is 1.31. The molecule has 1 N–H and O–H groups in total. The van der Waals surface area contributed by atoms with Gasteiger partial charge in [0, 0.05) is 37.4 Å². The number of para-hydroxylation sites is 1. The summed E-state index contributed by atoms with van der Waals surface area (Å²) in [7, 11) is 0. The lowest BCUT2D eigenvalue weighted by atomic mass is 10.2. The normalized spacial score (nSPS) is 19.5. The highest BCUT2D eigenvalue weighted by Crippen LogP contribution is 2.24. The lowest BCUT2D eigenvalue weighted by Gasteiger charge is -2.34. The van der Waals surface area contributed by atoms with Crippen LogP contribution in [-0.4, -0.2) is 56.4 Å². The minimum atomic E-state index is -0.0844. The SMILES string of the molecule is Cc1ccccc1-n1ccnc1SCC(=O)Nc1nc(CN2CC(C)OC(C)C2)cs1. The van der Waals surface area contributed by atoms with Gasteiger partial charge in [-0.15, -0.1) is 11.3 Å². The summed E-state index contributed by atoms with van der Waals surface area (Å²) in [6.07, 6.45) is 4.13. The van der Waals surface area contributed by atoms with Gasteiger partial charge in [0.2, 0.25) is 5.91 Å². The molecule has 164 valence electrons. The Kier molecular flexibility index (Phi) is 7.06. The summed E-state index contributed by atoms with van der Waals surface area (Å²) in [4.78, 5) is 23.8. The Morgan fingerprint density at radius 2 is 2.06 bits per heavy atom. The number of anilines is 1. The van der Waals surface area contributed by atoms with Gasteiger partial charge in [-0.2, -0.15) is 0 Å². The molecule has 0 spiro atoms. The zero-order chi connectivity index (χ0) is 21.8. The van der Waals surface area contributed by atoms with Crippen molar-refractivity contribution >= 4 is 34.1 Å². The number of thiazole rings is 1. The van der Waals surface area contributed by atoms with Gasteiger partial charge in [-0.1, -0.05) is 30.0 Å². The van der Waals surface area contributed by atoms with Crippen molar-refractivity contribution in [1.29, 1.82) is 0 Å². The number of hydrogen-bond acceptors (Lipinski definition) is 7. The Bertz CT molecular complexity index is 1020. The molecule has 7 nitrogen and oxygen atoms in total. The van der Waals surface area contributed by atoms with Crippen LogP contribution in [0.5, 0.6) is 0 Å². The molecule has 9 heteroatoms. The molecule has 0 radical (unpaired) electrons. The van der Waals surface area contributed by atoms with Gasteiger partial charge < -0.3 is 10.1 Å². The molecule has 0 saturated carbocycles. The maximum atomic E-state index is 12.5. The van der Waals surface area contributed by atoms with Gasteiger partial charge in [-0.05, 0) is 32.4 Å². The Labute approximate surface area is 190 Å². The topological polar surface area (TPSA) is 72.3 Å². The van der Waals surface area contributed by atoms with Crippen LogP contribution in [-0.2, 0) is 16.1 Å². The van der Waals surface area contributed by atoms with Crippen LogP contribution in [0.3, 0.4) is 0 Å². The molecular formula is C22H27N5O2S2. The number of nitrogens with one attached hydrogen (secondary N) is 1. The summed E-state index contributed by atoms with van der Waals surface area (Å²) in [6.45, 7) is 8.82. The number of rotatable bonds is 7. The fourth-order valence-electron chi connectivity index (χ4n) is 3.78. The van der Waals surface area contributed by atoms with E-state index in [-0.39, 0.29) is 23.9 Å². The molecule has 1 saturated heterocycles. The highest BCUT2D eigenvalue weighted by atomic mass is 32.2. The first-order valence-corrected chi connectivity index (χ1v) is 12.2. The maximum Gasteiger partial charge on any atom is 0.236 e. The number of amides is 1. The third-order valence-corrected chi connectivity index (χ3v) is 6.77. The van der Waals surface area contributed by atoms with Crippen LogP contribution in [0.4, 0.5) is 5.13 Å². The molecular weight excluding hydrogens is 430 g/mol. The first-order chi connectivity index (χ1) is 15.0. The third kappa shape index (κ3) is 5.74. The van der Waals surface area contributed by atoms with E-state index in [9.17, 15) is 4.79 Å². The second kappa shape index (κ2) is 9.95. The molecule has 2 unspecified atom stereocenters. The second-order valence-corrected chi connectivity index (χ2v) is 9.60. The summed E-state index contributed by atoms with van der Waals surface area (Å²) in [5, 5.41) is 6.36. The van der Waals surface area contributed by atoms with E-state index in [1.165, 1.54) is 23.1 Å². The van der Waals surface area contributed by atoms with E-state index in [0.29, 0.717) is 5.13 Å². The van der Waals surface area contributed by atoms with Gasteiger partial charge >= 0.3 is 0 Å². The average molecular weight is 458 g/mol. The van der Waals surface area contributed by atoms with Crippen LogP contribution in [0.25, 0.3) is 5.69 Å². The van der Waals surface area contributed by atoms with Crippen LogP contribution >= 0.6 is 23.1 Å². The van der Waals surface area contributed by atoms with Gasteiger partial charge in [0.15, 0.2) is 10.3 Å².